The topological polar surface area (TPSA) is 12.0 Å². The quantitative estimate of drug-likeness (QED) is 0.742. The monoisotopic (exact) mass is 287 g/mol. The van der Waals surface area contributed by atoms with Crippen molar-refractivity contribution in [1.82, 2.24) is 5.32 Å². The van der Waals surface area contributed by atoms with E-state index in [-0.39, 0.29) is 0 Å². The summed E-state index contributed by atoms with van der Waals surface area (Å²) in [4.78, 5) is 2.93. The highest BCUT2D eigenvalue weighted by Gasteiger charge is 2.09. The van der Waals surface area contributed by atoms with Gasteiger partial charge in [0.05, 0.1) is 0 Å². The Morgan fingerprint density at radius 3 is 2.45 bits per heavy atom. The lowest BCUT2D eigenvalue weighted by atomic mass is 9.98. The average Bonchev–Trinajstić information content (AvgIpc) is 2.97. The molecule has 0 spiro atoms. The highest BCUT2D eigenvalue weighted by molar-refractivity contribution is 7.12. The van der Waals surface area contributed by atoms with Gasteiger partial charge in [-0.05, 0) is 49.9 Å². The lowest BCUT2D eigenvalue weighted by Crippen LogP contribution is -2.20. The lowest BCUT2D eigenvalue weighted by Gasteiger charge is -2.15. The van der Waals surface area contributed by atoms with E-state index < -0.39 is 0 Å². The largest absolute Gasteiger partial charge is 0.309 e. The maximum atomic E-state index is 3.65. The normalized spacial score (nSPS) is 14.2. The summed E-state index contributed by atoms with van der Waals surface area (Å²) >= 11 is 1.93. The van der Waals surface area contributed by atoms with Gasteiger partial charge in [-0.15, -0.1) is 11.3 Å². The first-order valence-corrected chi connectivity index (χ1v) is 8.39. The van der Waals surface area contributed by atoms with Crippen molar-refractivity contribution in [3.63, 3.8) is 0 Å². The molecule has 1 aromatic carbocycles. The zero-order valence-corrected chi connectivity index (χ0v) is 13.5. The molecule has 0 aliphatic carbocycles. The van der Waals surface area contributed by atoms with E-state index in [4.69, 9.17) is 0 Å². The second-order valence-corrected chi connectivity index (χ2v) is 6.63. The van der Waals surface area contributed by atoms with Gasteiger partial charge in [0.25, 0.3) is 0 Å². The highest BCUT2D eigenvalue weighted by atomic mass is 32.1. The number of rotatable bonds is 7. The van der Waals surface area contributed by atoms with Crippen molar-refractivity contribution in [2.45, 2.75) is 45.6 Å². The Labute approximate surface area is 127 Å². The van der Waals surface area contributed by atoms with Crippen LogP contribution in [0.5, 0.6) is 0 Å². The Morgan fingerprint density at radius 2 is 1.80 bits per heavy atom. The van der Waals surface area contributed by atoms with Crippen LogP contribution in [-0.2, 0) is 6.42 Å². The third-order valence-corrected chi connectivity index (χ3v) is 5.27. The summed E-state index contributed by atoms with van der Waals surface area (Å²) < 4.78 is 0. The average molecular weight is 287 g/mol. The molecule has 0 amide bonds. The molecule has 2 aromatic rings. The van der Waals surface area contributed by atoms with Gasteiger partial charge in [-0.2, -0.15) is 0 Å². The number of hydrogen-bond donors (Lipinski definition) is 1. The van der Waals surface area contributed by atoms with Crippen molar-refractivity contribution in [2.24, 2.45) is 0 Å². The van der Waals surface area contributed by atoms with Gasteiger partial charge in [0.1, 0.15) is 0 Å². The molecule has 0 saturated heterocycles. The van der Waals surface area contributed by atoms with Gasteiger partial charge < -0.3 is 5.32 Å². The van der Waals surface area contributed by atoms with Gasteiger partial charge in [-0.25, -0.2) is 0 Å². The maximum Gasteiger partial charge on any atom is 0.0386 e. The van der Waals surface area contributed by atoms with Crippen molar-refractivity contribution in [3.8, 4) is 0 Å². The minimum Gasteiger partial charge on any atom is -0.309 e. The third-order valence-electron chi connectivity index (χ3n) is 3.85. The minimum absolute atomic E-state index is 0.461. The van der Waals surface area contributed by atoms with E-state index in [0.29, 0.717) is 12.0 Å². The lowest BCUT2D eigenvalue weighted by molar-refractivity contribution is 0.536. The molecule has 0 bridgehead atoms. The van der Waals surface area contributed by atoms with Crippen LogP contribution in [0.25, 0.3) is 0 Å². The van der Waals surface area contributed by atoms with Gasteiger partial charge in [0.15, 0.2) is 0 Å². The van der Waals surface area contributed by atoms with Crippen molar-refractivity contribution in [1.29, 1.82) is 0 Å². The summed E-state index contributed by atoms with van der Waals surface area (Å²) in [5.41, 5.74) is 1.44. The number of thiophene rings is 1. The molecule has 0 aliphatic rings. The Kier molecular flexibility index (Phi) is 5.81. The number of nitrogens with one attached hydrogen (secondary N) is 1. The Bertz CT molecular complexity index is 503. The summed E-state index contributed by atoms with van der Waals surface area (Å²) in [6.45, 7) is 7.85. The first-order valence-electron chi connectivity index (χ1n) is 7.57. The van der Waals surface area contributed by atoms with Crippen LogP contribution >= 0.6 is 11.3 Å². The molecule has 20 heavy (non-hydrogen) atoms. The molecular formula is C18H25NS. The second kappa shape index (κ2) is 7.61. The van der Waals surface area contributed by atoms with E-state index in [0.717, 1.165) is 13.0 Å². The van der Waals surface area contributed by atoms with Gasteiger partial charge >= 0.3 is 0 Å². The zero-order valence-electron chi connectivity index (χ0n) is 12.7. The number of aryl methyl sites for hydroxylation is 1. The predicted octanol–water partition coefficient (Wildman–Crippen LogP) is 5.15. The van der Waals surface area contributed by atoms with Crippen molar-refractivity contribution in [2.75, 3.05) is 6.54 Å². The molecule has 2 unspecified atom stereocenters. The summed E-state index contributed by atoms with van der Waals surface area (Å²) in [6.07, 6.45) is 2.32. The first kappa shape index (κ1) is 15.3. The van der Waals surface area contributed by atoms with E-state index >= 15 is 0 Å². The van der Waals surface area contributed by atoms with Crippen molar-refractivity contribution < 1.29 is 0 Å². The molecule has 2 atom stereocenters. The fourth-order valence-electron chi connectivity index (χ4n) is 2.38. The van der Waals surface area contributed by atoms with Crippen molar-refractivity contribution in [3.05, 3.63) is 57.8 Å². The van der Waals surface area contributed by atoms with Gasteiger partial charge in [-0.3, -0.25) is 0 Å². The summed E-state index contributed by atoms with van der Waals surface area (Å²) in [6, 6.07) is 15.8. The molecule has 2 rings (SSSR count). The van der Waals surface area contributed by atoms with Crippen LogP contribution in [0.3, 0.4) is 0 Å². The second-order valence-electron chi connectivity index (χ2n) is 5.43. The summed E-state index contributed by atoms with van der Waals surface area (Å²) in [5.74, 6) is 0.616. The smallest absolute Gasteiger partial charge is 0.0386 e. The Hall–Kier alpha value is -1.12. The van der Waals surface area contributed by atoms with Gasteiger partial charge in [-0.1, -0.05) is 44.2 Å². The fraction of sp³-hybridized carbons (Fsp3) is 0.444. The predicted molar refractivity (Wildman–Crippen MR) is 89.6 cm³/mol. The third kappa shape index (κ3) is 4.19. The molecule has 0 saturated carbocycles. The number of hydrogen-bond acceptors (Lipinski definition) is 2. The van der Waals surface area contributed by atoms with Gasteiger partial charge in [0.2, 0.25) is 0 Å². The van der Waals surface area contributed by atoms with E-state index in [9.17, 15) is 0 Å². The van der Waals surface area contributed by atoms with E-state index in [1.807, 2.05) is 11.3 Å². The molecular weight excluding hydrogens is 262 g/mol. The minimum atomic E-state index is 0.461. The van der Waals surface area contributed by atoms with Crippen LogP contribution in [0.15, 0.2) is 42.5 Å². The summed E-state index contributed by atoms with van der Waals surface area (Å²) in [5, 5.41) is 3.65. The van der Waals surface area contributed by atoms with Crippen LogP contribution in [-0.4, -0.2) is 6.54 Å². The Morgan fingerprint density at radius 1 is 1.05 bits per heavy atom. The van der Waals surface area contributed by atoms with Crippen LogP contribution in [0.1, 0.15) is 54.5 Å². The molecule has 0 radical (unpaired) electrons. The van der Waals surface area contributed by atoms with E-state index in [1.165, 1.54) is 21.7 Å². The summed E-state index contributed by atoms with van der Waals surface area (Å²) in [7, 11) is 0. The first-order chi connectivity index (χ1) is 9.70. The molecule has 0 aliphatic heterocycles. The molecule has 1 N–H and O–H groups in total. The molecule has 1 heterocycles. The molecule has 1 nitrogen and oxygen atoms in total. The molecule has 108 valence electrons. The molecule has 0 fully saturated rings. The fourth-order valence-corrected chi connectivity index (χ4v) is 3.36. The van der Waals surface area contributed by atoms with Crippen molar-refractivity contribution >= 4 is 11.3 Å². The maximum absolute atomic E-state index is 3.65. The van der Waals surface area contributed by atoms with Crippen LogP contribution in [0.2, 0.25) is 0 Å². The van der Waals surface area contributed by atoms with Crippen LogP contribution in [0, 0.1) is 0 Å². The van der Waals surface area contributed by atoms with E-state index in [1.54, 1.807) is 0 Å². The van der Waals surface area contributed by atoms with Crippen LogP contribution < -0.4 is 5.32 Å². The van der Waals surface area contributed by atoms with Crippen LogP contribution in [0.4, 0.5) is 0 Å². The SMILES string of the molecule is CCc1ccc(C(C)NCCC(C)c2ccccc2)s1. The zero-order chi connectivity index (χ0) is 14.4. The van der Waals surface area contributed by atoms with E-state index in [2.05, 4.69) is 68.6 Å². The molecule has 2 heteroatoms. The molecule has 1 aromatic heterocycles. The number of benzene rings is 1. The Balaban J connectivity index is 1.78. The van der Waals surface area contributed by atoms with Gasteiger partial charge in [0, 0.05) is 15.8 Å². The highest BCUT2D eigenvalue weighted by Crippen LogP contribution is 2.24. The standard InChI is InChI=1S/C18H25NS/c1-4-17-10-11-18(20-17)15(3)19-13-12-14(2)16-8-6-5-7-9-16/h5-11,14-15,19H,4,12-13H2,1-3H3.